The summed E-state index contributed by atoms with van der Waals surface area (Å²) >= 11 is 0. The van der Waals surface area contributed by atoms with Gasteiger partial charge in [-0.25, -0.2) is 4.79 Å². The zero-order valence-electron chi connectivity index (χ0n) is 10.4. The third-order valence-corrected chi connectivity index (χ3v) is 3.57. The second kappa shape index (κ2) is 4.85. The van der Waals surface area contributed by atoms with Crippen molar-refractivity contribution in [1.82, 2.24) is 10.2 Å². The van der Waals surface area contributed by atoms with E-state index in [9.17, 15) is 4.79 Å². The van der Waals surface area contributed by atoms with E-state index in [4.69, 9.17) is 9.15 Å². The molecular weight excluding hydrogens is 220 g/mol. The summed E-state index contributed by atoms with van der Waals surface area (Å²) in [6, 6.07) is 0. The lowest BCUT2D eigenvalue weighted by atomic mass is 9.83. The first-order valence-corrected chi connectivity index (χ1v) is 6.23. The van der Waals surface area contributed by atoms with Crippen LogP contribution in [0.15, 0.2) is 4.42 Å². The number of aromatic nitrogens is 2. The van der Waals surface area contributed by atoms with Crippen LogP contribution < -0.4 is 0 Å². The van der Waals surface area contributed by atoms with Gasteiger partial charge < -0.3 is 9.15 Å². The van der Waals surface area contributed by atoms with Crippen molar-refractivity contribution >= 4 is 5.97 Å². The SMILES string of the molecule is CCOC(=O)c1nnc(C2(CC)CCCC2)o1. The number of carbonyl (C=O) groups is 1. The van der Waals surface area contributed by atoms with Gasteiger partial charge in [0.25, 0.3) is 0 Å². The highest BCUT2D eigenvalue weighted by Gasteiger charge is 2.39. The van der Waals surface area contributed by atoms with Crippen LogP contribution in [0.4, 0.5) is 0 Å². The number of hydrogen-bond donors (Lipinski definition) is 0. The van der Waals surface area contributed by atoms with Crippen molar-refractivity contribution < 1.29 is 13.9 Å². The van der Waals surface area contributed by atoms with Crippen LogP contribution in [0.25, 0.3) is 0 Å². The molecule has 0 spiro atoms. The fourth-order valence-corrected chi connectivity index (χ4v) is 2.48. The zero-order chi connectivity index (χ0) is 12.3. The molecule has 5 nitrogen and oxygen atoms in total. The van der Waals surface area contributed by atoms with Gasteiger partial charge in [0.05, 0.1) is 6.61 Å². The minimum absolute atomic E-state index is 0.0161. The van der Waals surface area contributed by atoms with Crippen molar-refractivity contribution in [2.45, 2.75) is 51.4 Å². The van der Waals surface area contributed by atoms with Crippen LogP contribution in [-0.4, -0.2) is 22.8 Å². The summed E-state index contributed by atoms with van der Waals surface area (Å²) in [5, 5.41) is 7.81. The van der Waals surface area contributed by atoms with Gasteiger partial charge >= 0.3 is 11.9 Å². The second-order valence-electron chi connectivity index (χ2n) is 4.47. The van der Waals surface area contributed by atoms with Gasteiger partial charge in [0, 0.05) is 5.41 Å². The number of nitrogens with zero attached hydrogens (tertiary/aromatic N) is 2. The molecule has 0 amide bonds. The number of carbonyl (C=O) groups excluding carboxylic acids is 1. The molecule has 0 N–H and O–H groups in total. The third kappa shape index (κ3) is 2.18. The summed E-state index contributed by atoms with van der Waals surface area (Å²) in [4.78, 5) is 11.4. The summed E-state index contributed by atoms with van der Waals surface area (Å²) in [5.41, 5.74) is -0.0161. The first kappa shape index (κ1) is 12.1. The molecule has 2 rings (SSSR count). The van der Waals surface area contributed by atoms with Crippen molar-refractivity contribution in [3.8, 4) is 0 Å². The maximum Gasteiger partial charge on any atom is 0.396 e. The summed E-state index contributed by atoms with van der Waals surface area (Å²) in [5.74, 6) is 0.0395. The Labute approximate surface area is 101 Å². The van der Waals surface area contributed by atoms with Crippen molar-refractivity contribution in [2.24, 2.45) is 0 Å². The van der Waals surface area contributed by atoms with E-state index in [-0.39, 0.29) is 11.3 Å². The number of esters is 1. The average Bonchev–Trinajstić information content (AvgIpc) is 2.99. The van der Waals surface area contributed by atoms with Crippen molar-refractivity contribution in [3.63, 3.8) is 0 Å². The normalized spacial score (nSPS) is 18.2. The molecule has 1 saturated carbocycles. The first-order chi connectivity index (χ1) is 8.22. The van der Waals surface area contributed by atoms with Crippen LogP contribution in [0.3, 0.4) is 0 Å². The smallest absolute Gasteiger partial charge is 0.396 e. The molecule has 1 aromatic rings. The molecule has 94 valence electrons. The topological polar surface area (TPSA) is 65.2 Å². The maximum atomic E-state index is 11.4. The molecule has 1 aliphatic rings. The lowest BCUT2D eigenvalue weighted by Crippen LogP contribution is -2.21. The molecule has 1 fully saturated rings. The van der Waals surface area contributed by atoms with E-state index < -0.39 is 5.97 Å². The van der Waals surface area contributed by atoms with Gasteiger partial charge in [-0.05, 0) is 26.2 Å². The Morgan fingerprint density at radius 2 is 2.06 bits per heavy atom. The van der Waals surface area contributed by atoms with Gasteiger partial charge in [-0.15, -0.1) is 10.2 Å². The fourth-order valence-electron chi connectivity index (χ4n) is 2.48. The Kier molecular flexibility index (Phi) is 3.45. The van der Waals surface area contributed by atoms with Crippen molar-refractivity contribution in [3.05, 3.63) is 11.8 Å². The van der Waals surface area contributed by atoms with Gasteiger partial charge in [0.15, 0.2) is 0 Å². The van der Waals surface area contributed by atoms with Crippen molar-refractivity contribution in [1.29, 1.82) is 0 Å². The van der Waals surface area contributed by atoms with Crippen LogP contribution >= 0.6 is 0 Å². The Morgan fingerprint density at radius 1 is 1.35 bits per heavy atom. The number of rotatable bonds is 4. The molecule has 1 aromatic heterocycles. The zero-order valence-corrected chi connectivity index (χ0v) is 10.4. The van der Waals surface area contributed by atoms with Gasteiger partial charge in [-0.2, -0.15) is 0 Å². The highest BCUT2D eigenvalue weighted by Crippen LogP contribution is 2.42. The number of ether oxygens (including phenoxy) is 1. The number of hydrogen-bond acceptors (Lipinski definition) is 5. The van der Waals surface area contributed by atoms with Crippen LogP contribution in [0.5, 0.6) is 0 Å². The molecule has 0 unspecified atom stereocenters. The summed E-state index contributed by atoms with van der Waals surface area (Å²) in [6.07, 6.45) is 5.47. The van der Waals surface area contributed by atoms with Crippen LogP contribution in [0, 0.1) is 0 Å². The monoisotopic (exact) mass is 238 g/mol. The van der Waals surface area contributed by atoms with E-state index in [1.807, 2.05) is 0 Å². The van der Waals surface area contributed by atoms with Gasteiger partial charge in [0.1, 0.15) is 0 Å². The largest absolute Gasteiger partial charge is 0.459 e. The lowest BCUT2D eigenvalue weighted by Gasteiger charge is -2.21. The maximum absolute atomic E-state index is 11.4. The van der Waals surface area contributed by atoms with Crippen molar-refractivity contribution in [2.75, 3.05) is 6.61 Å². The Morgan fingerprint density at radius 3 is 2.65 bits per heavy atom. The molecule has 0 atom stereocenters. The summed E-state index contributed by atoms with van der Waals surface area (Å²) < 4.78 is 10.3. The Hall–Kier alpha value is -1.39. The van der Waals surface area contributed by atoms with E-state index in [0.29, 0.717) is 12.5 Å². The minimum atomic E-state index is -0.532. The van der Waals surface area contributed by atoms with E-state index in [0.717, 1.165) is 19.3 Å². The lowest BCUT2D eigenvalue weighted by molar-refractivity contribution is 0.0476. The Bertz CT molecular complexity index is 394. The predicted octanol–water partition coefficient (Wildman–Crippen LogP) is 2.47. The van der Waals surface area contributed by atoms with E-state index in [2.05, 4.69) is 17.1 Å². The van der Waals surface area contributed by atoms with Crippen LogP contribution in [-0.2, 0) is 10.2 Å². The molecule has 0 radical (unpaired) electrons. The van der Waals surface area contributed by atoms with E-state index in [1.54, 1.807) is 6.92 Å². The summed E-state index contributed by atoms with van der Waals surface area (Å²) in [6.45, 7) is 4.19. The van der Waals surface area contributed by atoms with Gasteiger partial charge in [0.2, 0.25) is 5.89 Å². The third-order valence-electron chi connectivity index (χ3n) is 3.57. The average molecular weight is 238 g/mol. The first-order valence-electron chi connectivity index (χ1n) is 6.23. The predicted molar refractivity (Wildman–Crippen MR) is 60.7 cm³/mol. The molecular formula is C12H18N2O3. The molecule has 5 heteroatoms. The summed E-state index contributed by atoms with van der Waals surface area (Å²) in [7, 11) is 0. The fraction of sp³-hybridized carbons (Fsp3) is 0.750. The quantitative estimate of drug-likeness (QED) is 0.754. The molecule has 17 heavy (non-hydrogen) atoms. The highest BCUT2D eigenvalue weighted by atomic mass is 16.5. The molecule has 0 bridgehead atoms. The second-order valence-corrected chi connectivity index (χ2v) is 4.47. The van der Waals surface area contributed by atoms with E-state index >= 15 is 0 Å². The van der Waals surface area contributed by atoms with E-state index in [1.165, 1.54) is 12.8 Å². The van der Waals surface area contributed by atoms with Gasteiger partial charge in [-0.3, -0.25) is 0 Å². The highest BCUT2D eigenvalue weighted by molar-refractivity contribution is 5.83. The standard InChI is InChI=1S/C12H18N2O3/c1-3-12(7-5-6-8-12)11-14-13-9(17-11)10(15)16-4-2/h3-8H2,1-2H3. The van der Waals surface area contributed by atoms with Gasteiger partial charge in [-0.1, -0.05) is 19.8 Å². The molecule has 0 aliphatic heterocycles. The van der Waals surface area contributed by atoms with Crippen LogP contribution in [0.1, 0.15) is 62.5 Å². The molecule has 0 saturated heterocycles. The Balaban J connectivity index is 2.19. The van der Waals surface area contributed by atoms with Crippen LogP contribution in [0.2, 0.25) is 0 Å². The molecule has 1 heterocycles. The molecule has 1 aliphatic carbocycles. The minimum Gasteiger partial charge on any atom is -0.459 e. The molecule has 0 aromatic carbocycles.